The highest BCUT2D eigenvalue weighted by Crippen LogP contribution is 2.30. The van der Waals surface area contributed by atoms with Crippen molar-refractivity contribution in [2.24, 2.45) is 5.84 Å². The highest BCUT2D eigenvalue weighted by atomic mass is 32.2. The molecule has 0 amide bonds. The smallest absolute Gasteiger partial charge is 0.272 e. The van der Waals surface area contributed by atoms with Crippen LogP contribution in [-0.2, 0) is 0 Å². The number of hydrazine groups is 1. The van der Waals surface area contributed by atoms with Gasteiger partial charge in [-0.3, -0.25) is 16.0 Å². The Labute approximate surface area is 113 Å². The van der Waals surface area contributed by atoms with Crippen molar-refractivity contribution in [1.82, 2.24) is 9.97 Å². The molecule has 1 aromatic carbocycles. The van der Waals surface area contributed by atoms with Crippen molar-refractivity contribution >= 4 is 23.1 Å². The number of rotatable bonds is 4. The summed E-state index contributed by atoms with van der Waals surface area (Å²) in [5.74, 6) is 5.29. The second-order valence-corrected chi connectivity index (χ2v) is 4.74. The summed E-state index contributed by atoms with van der Waals surface area (Å²) in [5.41, 5.74) is 3.66. The summed E-state index contributed by atoms with van der Waals surface area (Å²) >= 11 is 1.24. The molecule has 3 N–H and O–H groups in total. The summed E-state index contributed by atoms with van der Waals surface area (Å²) in [6, 6.07) is 6.30. The van der Waals surface area contributed by atoms with Gasteiger partial charge >= 0.3 is 0 Å². The van der Waals surface area contributed by atoms with Crippen LogP contribution in [0.4, 0.5) is 11.4 Å². The highest BCUT2D eigenvalue weighted by Gasteiger charge is 2.11. The van der Waals surface area contributed by atoms with Crippen molar-refractivity contribution in [3.63, 3.8) is 0 Å². The first-order chi connectivity index (χ1) is 9.08. The minimum absolute atomic E-state index is 0.0365. The van der Waals surface area contributed by atoms with Gasteiger partial charge in [0.05, 0.1) is 10.6 Å². The van der Waals surface area contributed by atoms with Crippen LogP contribution in [0.15, 0.2) is 40.5 Å². The van der Waals surface area contributed by atoms with E-state index in [2.05, 4.69) is 15.4 Å². The van der Waals surface area contributed by atoms with Crippen LogP contribution < -0.4 is 11.3 Å². The lowest BCUT2D eigenvalue weighted by atomic mass is 10.3. The molecule has 0 aliphatic carbocycles. The van der Waals surface area contributed by atoms with Crippen molar-refractivity contribution < 1.29 is 4.92 Å². The first kappa shape index (κ1) is 13.2. The van der Waals surface area contributed by atoms with E-state index >= 15 is 0 Å². The highest BCUT2D eigenvalue weighted by molar-refractivity contribution is 7.99. The van der Waals surface area contributed by atoms with Crippen LogP contribution in [-0.4, -0.2) is 14.9 Å². The number of aryl methyl sites for hydroxylation is 1. The van der Waals surface area contributed by atoms with E-state index in [1.165, 1.54) is 23.9 Å². The monoisotopic (exact) mass is 277 g/mol. The van der Waals surface area contributed by atoms with E-state index in [1.54, 1.807) is 18.3 Å². The Morgan fingerprint density at radius 2 is 2.21 bits per heavy atom. The average molecular weight is 277 g/mol. The third kappa shape index (κ3) is 3.39. The minimum Gasteiger partial charge on any atom is -0.324 e. The SMILES string of the molecule is Cc1ccnc(Sc2cc(NN)cc([N+](=O)[O-])c2)n1. The van der Waals surface area contributed by atoms with Gasteiger partial charge in [0.25, 0.3) is 5.69 Å². The number of hydrogen-bond acceptors (Lipinski definition) is 7. The molecule has 1 heterocycles. The van der Waals surface area contributed by atoms with Gasteiger partial charge in [-0.1, -0.05) is 0 Å². The Morgan fingerprint density at radius 3 is 2.84 bits per heavy atom. The molecule has 0 bridgehead atoms. The molecular weight excluding hydrogens is 266 g/mol. The quantitative estimate of drug-likeness (QED) is 0.381. The first-order valence-electron chi connectivity index (χ1n) is 5.32. The topological polar surface area (TPSA) is 107 Å². The molecule has 0 spiro atoms. The van der Waals surface area contributed by atoms with E-state index in [0.717, 1.165) is 5.69 Å². The fourth-order valence-corrected chi connectivity index (χ4v) is 2.29. The lowest BCUT2D eigenvalue weighted by Gasteiger charge is -2.04. The number of anilines is 1. The number of nitrogens with one attached hydrogen (secondary N) is 1. The molecular formula is C11H11N5O2S. The van der Waals surface area contributed by atoms with Gasteiger partial charge < -0.3 is 5.43 Å². The maximum Gasteiger partial charge on any atom is 0.272 e. The first-order valence-corrected chi connectivity index (χ1v) is 6.14. The molecule has 0 radical (unpaired) electrons. The van der Waals surface area contributed by atoms with Crippen LogP contribution in [0.25, 0.3) is 0 Å². The number of aromatic nitrogens is 2. The summed E-state index contributed by atoms with van der Waals surface area (Å²) in [7, 11) is 0. The maximum absolute atomic E-state index is 10.8. The van der Waals surface area contributed by atoms with Crippen LogP contribution in [0.2, 0.25) is 0 Å². The molecule has 19 heavy (non-hydrogen) atoms. The number of nitrogens with zero attached hydrogens (tertiary/aromatic N) is 3. The number of hydrogen-bond donors (Lipinski definition) is 2. The fraction of sp³-hybridized carbons (Fsp3) is 0.0909. The second kappa shape index (κ2) is 5.63. The van der Waals surface area contributed by atoms with Gasteiger partial charge in [0, 0.05) is 28.9 Å². The third-order valence-corrected chi connectivity index (χ3v) is 3.10. The zero-order chi connectivity index (χ0) is 13.8. The van der Waals surface area contributed by atoms with Gasteiger partial charge in [-0.2, -0.15) is 0 Å². The van der Waals surface area contributed by atoms with Gasteiger partial charge in [-0.25, -0.2) is 9.97 Å². The molecule has 0 aliphatic heterocycles. The molecule has 0 saturated heterocycles. The van der Waals surface area contributed by atoms with E-state index < -0.39 is 4.92 Å². The second-order valence-electron chi connectivity index (χ2n) is 3.70. The molecule has 98 valence electrons. The van der Waals surface area contributed by atoms with E-state index in [1.807, 2.05) is 6.92 Å². The van der Waals surface area contributed by atoms with Crippen LogP contribution >= 0.6 is 11.8 Å². The zero-order valence-electron chi connectivity index (χ0n) is 10.0. The molecule has 2 rings (SSSR count). The summed E-state index contributed by atoms with van der Waals surface area (Å²) < 4.78 is 0. The van der Waals surface area contributed by atoms with Gasteiger partial charge in [-0.05, 0) is 30.8 Å². The number of nitrogens with two attached hydrogens (primary N) is 1. The number of nitrogen functional groups attached to an aromatic ring is 1. The van der Waals surface area contributed by atoms with Crippen LogP contribution in [0.3, 0.4) is 0 Å². The van der Waals surface area contributed by atoms with Crippen molar-refractivity contribution in [2.75, 3.05) is 5.43 Å². The predicted molar refractivity (Wildman–Crippen MR) is 71.8 cm³/mol. The van der Waals surface area contributed by atoms with E-state index in [0.29, 0.717) is 15.7 Å². The molecule has 7 nitrogen and oxygen atoms in total. The van der Waals surface area contributed by atoms with Gasteiger partial charge in [0.2, 0.25) is 0 Å². The molecule has 0 aliphatic rings. The summed E-state index contributed by atoms with van der Waals surface area (Å²) in [4.78, 5) is 19.3. The van der Waals surface area contributed by atoms with Crippen molar-refractivity contribution in [1.29, 1.82) is 0 Å². The lowest BCUT2D eigenvalue weighted by molar-refractivity contribution is -0.385. The summed E-state index contributed by atoms with van der Waals surface area (Å²) in [5, 5.41) is 11.4. The largest absolute Gasteiger partial charge is 0.324 e. The Bertz CT molecular complexity index is 620. The molecule has 2 aromatic rings. The number of benzene rings is 1. The Hall–Kier alpha value is -2.19. The van der Waals surface area contributed by atoms with Crippen LogP contribution in [0, 0.1) is 17.0 Å². The van der Waals surface area contributed by atoms with E-state index in [4.69, 9.17) is 5.84 Å². The average Bonchev–Trinajstić information content (AvgIpc) is 2.38. The Morgan fingerprint density at radius 1 is 1.42 bits per heavy atom. The Kier molecular flexibility index (Phi) is 3.93. The minimum atomic E-state index is -0.470. The molecule has 0 saturated carbocycles. The number of non-ortho nitro benzene ring substituents is 1. The van der Waals surface area contributed by atoms with Crippen LogP contribution in [0.1, 0.15) is 5.69 Å². The molecule has 0 fully saturated rings. The molecule has 0 atom stereocenters. The third-order valence-electron chi connectivity index (χ3n) is 2.25. The van der Waals surface area contributed by atoms with Gasteiger partial charge in [0.1, 0.15) is 0 Å². The Balaban J connectivity index is 2.34. The van der Waals surface area contributed by atoms with Crippen LogP contribution in [0.5, 0.6) is 0 Å². The van der Waals surface area contributed by atoms with Crippen molar-refractivity contribution in [3.8, 4) is 0 Å². The molecule has 0 unspecified atom stereocenters. The van der Waals surface area contributed by atoms with Crippen molar-refractivity contribution in [2.45, 2.75) is 17.0 Å². The number of nitro benzene ring substituents is 1. The summed E-state index contributed by atoms with van der Waals surface area (Å²) in [6.07, 6.45) is 1.64. The fourth-order valence-electron chi connectivity index (χ4n) is 1.41. The predicted octanol–water partition coefficient (Wildman–Crippen LogP) is 2.13. The normalized spacial score (nSPS) is 10.2. The zero-order valence-corrected chi connectivity index (χ0v) is 10.8. The maximum atomic E-state index is 10.8. The standard InChI is InChI=1S/C11H11N5O2S/c1-7-2-3-13-11(14-7)19-10-5-8(15-12)4-9(6-10)16(17)18/h2-6,15H,12H2,1H3. The van der Waals surface area contributed by atoms with E-state index in [9.17, 15) is 10.1 Å². The van der Waals surface area contributed by atoms with Gasteiger partial charge in [0.15, 0.2) is 5.16 Å². The lowest BCUT2D eigenvalue weighted by Crippen LogP contribution is -2.07. The molecule has 8 heteroatoms. The van der Waals surface area contributed by atoms with E-state index in [-0.39, 0.29) is 5.69 Å². The van der Waals surface area contributed by atoms with Gasteiger partial charge in [-0.15, -0.1) is 0 Å². The van der Waals surface area contributed by atoms with Crippen molar-refractivity contribution in [3.05, 3.63) is 46.3 Å². The summed E-state index contributed by atoms with van der Waals surface area (Å²) in [6.45, 7) is 1.85. The molecule has 1 aromatic heterocycles. The number of nitro groups is 1.